The smallest absolute Gasteiger partial charge is 0.135 e. The summed E-state index contributed by atoms with van der Waals surface area (Å²) in [6.45, 7) is 0. The second kappa shape index (κ2) is 25.1. The zero-order valence-corrected chi connectivity index (χ0v) is 60.1. The van der Waals surface area contributed by atoms with Crippen LogP contribution in [-0.2, 0) is 5.41 Å². The standard InChI is InChI=1S/C105H66N2OS/c1-4-19-67(20-5-1)71-24-16-25-72(57-71)74-39-40-76-60-84(49-43-75(76)58-74)107(82-47-41-68(42-48-82)77-45-55-102-95(63-77)90-32-12-15-36-101(90)108-102)85-51-54-100-94(65-85)93-62-79(44-53-99(93)105(100)97-34-13-10-30-88(97)89-31-11-14-35-98(89)105)80-46-56-103-96(64-80)91-52-50-86(66-104(91)109-103)106(81-27-8-3-9-28-81)83-29-17-26-73(59-83)78-38-37-70-23-18-33-87(92(70)61-78)69-21-6-2-7-22-69/h1-66H. The van der Waals surface area contributed by atoms with Gasteiger partial charge in [-0.25, -0.2) is 0 Å². The van der Waals surface area contributed by atoms with Crippen molar-refractivity contribution in [3.05, 3.63) is 423 Å². The molecule has 4 heteroatoms. The lowest BCUT2D eigenvalue weighted by atomic mass is 9.70. The molecule has 3 nitrogen and oxygen atoms in total. The number of rotatable bonds is 12. The Hall–Kier alpha value is -13.9. The lowest BCUT2D eigenvalue weighted by molar-refractivity contribution is 0.669. The Morgan fingerprint density at radius 2 is 0.633 bits per heavy atom. The molecule has 0 aliphatic heterocycles. The largest absolute Gasteiger partial charge is 0.456 e. The Morgan fingerprint density at radius 1 is 0.193 bits per heavy atom. The molecule has 20 aromatic rings. The number of para-hydroxylation sites is 2. The summed E-state index contributed by atoms with van der Waals surface area (Å²) in [5.41, 5.74) is 32.2. The van der Waals surface area contributed by atoms with Crippen LogP contribution >= 0.6 is 11.3 Å². The van der Waals surface area contributed by atoms with Crippen molar-refractivity contribution in [1.29, 1.82) is 0 Å². The first-order valence-electron chi connectivity index (χ1n) is 37.5. The summed E-state index contributed by atoms with van der Waals surface area (Å²) in [6.07, 6.45) is 0. The van der Waals surface area contributed by atoms with Crippen LogP contribution in [0, 0.1) is 0 Å². The predicted octanol–water partition coefficient (Wildman–Crippen LogP) is 29.5. The number of hydrogen-bond donors (Lipinski definition) is 0. The Labute approximate surface area is 636 Å². The minimum Gasteiger partial charge on any atom is -0.456 e. The third kappa shape index (κ3) is 10.2. The normalized spacial score (nSPS) is 12.5. The molecule has 0 N–H and O–H groups in total. The Bertz CT molecular complexity index is 7010. The van der Waals surface area contributed by atoms with Gasteiger partial charge in [0.25, 0.3) is 0 Å². The first kappa shape index (κ1) is 62.5. The number of anilines is 6. The van der Waals surface area contributed by atoms with E-state index in [1.807, 2.05) is 23.5 Å². The van der Waals surface area contributed by atoms with Crippen LogP contribution in [0.15, 0.2) is 405 Å². The summed E-state index contributed by atoms with van der Waals surface area (Å²) in [4.78, 5) is 4.87. The summed E-state index contributed by atoms with van der Waals surface area (Å²) in [5.74, 6) is 0. The molecule has 2 aliphatic rings. The number of nitrogens with zero attached hydrogens (tertiary/aromatic N) is 2. The first-order chi connectivity index (χ1) is 54.0. The highest BCUT2D eigenvalue weighted by Crippen LogP contribution is 2.64. The number of thiophene rings is 1. The minimum absolute atomic E-state index is 0.548. The van der Waals surface area contributed by atoms with Gasteiger partial charge >= 0.3 is 0 Å². The van der Waals surface area contributed by atoms with Crippen molar-refractivity contribution in [3.8, 4) is 89.0 Å². The topological polar surface area (TPSA) is 19.6 Å². The molecule has 2 aliphatic carbocycles. The van der Waals surface area contributed by atoms with E-state index < -0.39 is 5.41 Å². The van der Waals surface area contributed by atoms with Gasteiger partial charge in [-0.05, 0) is 260 Å². The zero-order valence-electron chi connectivity index (χ0n) is 59.3. The van der Waals surface area contributed by atoms with Crippen molar-refractivity contribution < 1.29 is 4.42 Å². The minimum atomic E-state index is -0.548. The maximum absolute atomic E-state index is 6.30. The summed E-state index contributed by atoms with van der Waals surface area (Å²) in [7, 11) is 0. The molecule has 0 radical (unpaired) electrons. The first-order valence-corrected chi connectivity index (χ1v) is 38.3. The molecule has 2 aromatic heterocycles. The van der Waals surface area contributed by atoms with E-state index in [0.717, 1.165) is 67.2 Å². The third-order valence-electron chi connectivity index (χ3n) is 23.0. The van der Waals surface area contributed by atoms with Crippen LogP contribution in [0.25, 0.3) is 153 Å². The average Bonchev–Trinajstić information content (AvgIpc) is 1.51. The van der Waals surface area contributed by atoms with E-state index >= 15 is 0 Å². The van der Waals surface area contributed by atoms with Gasteiger partial charge in [-0.1, -0.05) is 273 Å². The number of fused-ring (bicyclic) bond motifs is 18. The number of hydrogen-bond acceptors (Lipinski definition) is 4. The van der Waals surface area contributed by atoms with Gasteiger partial charge in [0, 0.05) is 65.1 Å². The summed E-state index contributed by atoms with van der Waals surface area (Å²) in [6, 6.07) is 149. The third-order valence-corrected chi connectivity index (χ3v) is 24.2. The quantitative estimate of drug-likeness (QED) is 0.122. The summed E-state index contributed by atoms with van der Waals surface area (Å²) >= 11 is 1.86. The van der Waals surface area contributed by atoms with E-state index in [-0.39, 0.29) is 0 Å². The Balaban J connectivity index is 0.662. The van der Waals surface area contributed by atoms with E-state index in [9.17, 15) is 0 Å². The van der Waals surface area contributed by atoms with E-state index in [4.69, 9.17) is 4.42 Å². The number of furan rings is 1. The van der Waals surface area contributed by atoms with Crippen LogP contribution in [0.2, 0.25) is 0 Å². The van der Waals surface area contributed by atoms with Crippen molar-refractivity contribution in [2.75, 3.05) is 9.80 Å². The molecule has 508 valence electrons. The van der Waals surface area contributed by atoms with Crippen molar-refractivity contribution in [2.45, 2.75) is 5.41 Å². The summed E-state index contributed by atoms with van der Waals surface area (Å²) in [5, 5.41) is 9.55. The van der Waals surface area contributed by atoms with Crippen LogP contribution in [0.5, 0.6) is 0 Å². The molecule has 0 bridgehead atoms. The molecule has 0 unspecified atom stereocenters. The molecule has 18 aromatic carbocycles. The van der Waals surface area contributed by atoms with E-state index in [1.165, 1.54) is 142 Å². The van der Waals surface area contributed by atoms with Crippen molar-refractivity contribution in [3.63, 3.8) is 0 Å². The molecule has 0 amide bonds. The molecule has 1 spiro atoms. The molecule has 0 saturated heterocycles. The fraction of sp³-hybridized carbons (Fsp3) is 0.00952. The predicted molar refractivity (Wildman–Crippen MR) is 460 cm³/mol. The lowest BCUT2D eigenvalue weighted by Gasteiger charge is -2.31. The molecular weight excluding hydrogens is 1340 g/mol. The molecule has 109 heavy (non-hydrogen) atoms. The van der Waals surface area contributed by atoms with Crippen molar-refractivity contribution >= 4 is 109 Å². The molecule has 0 atom stereocenters. The van der Waals surface area contributed by atoms with E-state index in [0.29, 0.717) is 0 Å². The highest BCUT2D eigenvalue weighted by molar-refractivity contribution is 7.25. The van der Waals surface area contributed by atoms with E-state index in [2.05, 4.69) is 398 Å². The van der Waals surface area contributed by atoms with Gasteiger partial charge in [-0.3, -0.25) is 0 Å². The monoisotopic (exact) mass is 1400 g/mol. The Kier molecular flexibility index (Phi) is 14.4. The Morgan fingerprint density at radius 3 is 1.42 bits per heavy atom. The van der Waals surface area contributed by atoms with Gasteiger partial charge in [-0.2, -0.15) is 0 Å². The van der Waals surface area contributed by atoms with Gasteiger partial charge in [0.15, 0.2) is 0 Å². The van der Waals surface area contributed by atoms with E-state index in [1.54, 1.807) is 0 Å². The highest BCUT2D eigenvalue weighted by Gasteiger charge is 2.52. The molecule has 22 rings (SSSR count). The van der Waals surface area contributed by atoms with Gasteiger partial charge < -0.3 is 14.2 Å². The van der Waals surface area contributed by atoms with Gasteiger partial charge in [0.05, 0.1) is 5.41 Å². The molecule has 0 saturated carbocycles. The fourth-order valence-electron chi connectivity index (χ4n) is 17.9. The second-order valence-corrected chi connectivity index (χ2v) is 30.1. The maximum atomic E-state index is 6.30. The summed E-state index contributed by atoms with van der Waals surface area (Å²) < 4.78 is 8.80. The van der Waals surface area contributed by atoms with Crippen molar-refractivity contribution in [2.24, 2.45) is 0 Å². The molecular formula is C105H66N2OS. The molecule has 0 fully saturated rings. The van der Waals surface area contributed by atoms with Gasteiger partial charge in [-0.15, -0.1) is 11.3 Å². The van der Waals surface area contributed by atoms with Crippen LogP contribution < -0.4 is 9.80 Å². The second-order valence-electron chi connectivity index (χ2n) is 29.0. The van der Waals surface area contributed by atoms with Crippen LogP contribution in [0.1, 0.15) is 22.3 Å². The van der Waals surface area contributed by atoms with Crippen molar-refractivity contribution in [1.82, 2.24) is 0 Å². The van der Waals surface area contributed by atoms with Crippen LogP contribution in [0.4, 0.5) is 34.1 Å². The lowest BCUT2D eigenvalue weighted by Crippen LogP contribution is -2.25. The SMILES string of the molecule is c1ccc(-c2cccc(-c3ccc4cc(N(c5ccc(-c6ccc7oc8ccccc8c7c6)cc5)c5ccc6c(c5)-c5cc(-c7ccc8sc9cc(N(c%10ccccc%10)c%10cccc(-c%11ccc%12cccc(-c%13ccccc%13)c%12c%11)c%10)ccc9c8c7)ccc5C65c6ccccc6-c6ccccc65)ccc4c3)c2)cc1. The van der Waals surface area contributed by atoms with Gasteiger partial charge in [0.1, 0.15) is 11.2 Å². The van der Waals surface area contributed by atoms with Crippen LogP contribution in [0.3, 0.4) is 0 Å². The fourth-order valence-corrected chi connectivity index (χ4v) is 19.0. The maximum Gasteiger partial charge on any atom is 0.135 e. The average molecular weight is 1400 g/mol. The van der Waals surface area contributed by atoms with Crippen LogP contribution in [-0.4, -0.2) is 0 Å². The highest BCUT2D eigenvalue weighted by atomic mass is 32.1. The number of benzene rings is 18. The molecule has 2 heterocycles. The van der Waals surface area contributed by atoms with Gasteiger partial charge in [0.2, 0.25) is 0 Å². The zero-order chi connectivity index (χ0) is 71.7.